The van der Waals surface area contributed by atoms with Crippen molar-refractivity contribution >= 4 is 17.5 Å². The average Bonchev–Trinajstić information content (AvgIpc) is 2.83. The van der Waals surface area contributed by atoms with Gasteiger partial charge in [-0.25, -0.2) is 0 Å². The molecule has 1 aromatic rings. The van der Waals surface area contributed by atoms with Crippen molar-refractivity contribution in [2.45, 2.75) is 25.7 Å². The second-order valence-corrected chi connectivity index (χ2v) is 6.23. The molecule has 3 rings (SSSR count). The van der Waals surface area contributed by atoms with Crippen molar-refractivity contribution in [1.82, 2.24) is 4.90 Å². The minimum absolute atomic E-state index is 0.244. The molecule has 0 spiro atoms. The number of rotatable bonds is 2. The highest BCUT2D eigenvalue weighted by Crippen LogP contribution is 2.43. The van der Waals surface area contributed by atoms with E-state index in [1.807, 2.05) is 0 Å². The van der Waals surface area contributed by atoms with Crippen LogP contribution in [0.1, 0.15) is 22.8 Å². The molecule has 128 valence electrons. The molecule has 3 nitrogen and oxygen atoms in total. The summed E-state index contributed by atoms with van der Waals surface area (Å²) >= 11 is 5.76. The molecule has 0 radical (unpaired) electrons. The standard InChI is InChI=1S/C17H15ClF3NO2/c1-9-12(7-6-11(18)15(9)17(19,20)21)22-8-10-4-3-5-13(24-2)14(10)16(22)23/h3-7,9,12H,8H2,1-2H3. The van der Waals surface area contributed by atoms with Crippen LogP contribution in [0.15, 0.2) is 41.0 Å². The van der Waals surface area contributed by atoms with Crippen LogP contribution in [0, 0.1) is 5.92 Å². The molecule has 0 N–H and O–H groups in total. The number of halogens is 4. The number of nitrogens with zero attached hydrogens (tertiary/aromatic N) is 1. The van der Waals surface area contributed by atoms with Crippen LogP contribution in [0.2, 0.25) is 0 Å². The van der Waals surface area contributed by atoms with E-state index in [4.69, 9.17) is 16.3 Å². The number of carbonyl (C=O) groups excluding carboxylic acids is 1. The molecule has 1 aromatic carbocycles. The molecule has 1 amide bonds. The van der Waals surface area contributed by atoms with E-state index in [2.05, 4.69) is 0 Å². The van der Waals surface area contributed by atoms with Crippen LogP contribution >= 0.6 is 11.6 Å². The Labute approximate surface area is 142 Å². The maximum atomic E-state index is 13.3. The quantitative estimate of drug-likeness (QED) is 0.790. The number of allylic oxidation sites excluding steroid dienone is 2. The van der Waals surface area contributed by atoms with Gasteiger partial charge in [-0.3, -0.25) is 4.79 Å². The molecule has 1 aliphatic carbocycles. The highest BCUT2D eigenvalue weighted by molar-refractivity contribution is 6.31. The van der Waals surface area contributed by atoms with Gasteiger partial charge < -0.3 is 9.64 Å². The van der Waals surface area contributed by atoms with Gasteiger partial charge in [0.15, 0.2) is 0 Å². The summed E-state index contributed by atoms with van der Waals surface area (Å²) < 4.78 is 45.1. The van der Waals surface area contributed by atoms with E-state index in [0.717, 1.165) is 5.56 Å². The molecule has 24 heavy (non-hydrogen) atoms. The molecular formula is C17H15ClF3NO2. The fourth-order valence-corrected chi connectivity index (χ4v) is 3.71. The Kier molecular flexibility index (Phi) is 4.11. The molecule has 2 atom stereocenters. The summed E-state index contributed by atoms with van der Waals surface area (Å²) in [5.41, 5.74) is 0.358. The number of hydrogen-bond acceptors (Lipinski definition) is 2. The summed E-state index contributed by atoms with van der Waals surface area (Å²) in [6, 6.07) is 4.49. The second-order valence-electron chi connectivity index (χ2n) is 5.83. The Hall–Kier alpha value is -1.95. The van der Waals surface area contributed by atoms with Crippen molar-refractivity contribution in [3.63, 3.8) is 0 Å². The van der Waals surface area contributed by atoms with E-state index < -0.39 is 23.7 Å². The predicted octanol–water partition coefficient (Wildman–Crippen LogP) is 4.28. The van der Waals surface area contributed by atoms with Gasteiger partial charge in [-0.2, -0.15) is 13.2 Å². The Morgan fingerprint density at radius 1 is 1.33 bits per heavy atom. The first-order chi connectivity index (χ1) is 11.3. The molecule has 2 aliphatic rings. The topological polar surface area (TPSA) is 29.5 Å². The number of carbonyl (C=O) groups is 1. The zero-order chi connectivity index (χ0) is 17.6. The number of methoxy groups -OCH3 is 1. The Balaban J connectivity index is 1.96. The van der Waals surface area contributed by atoms with E-state index in [1.165, 1.54) is 25.0 Å². The van der Waals surface area contributed by atoms with Gasteiger partial charge in [0, 0.05) is 17.5 Å². The second kappa shape index (κ2) is 5.84. The summed E-state index contributed by atoms with van der Waals surface area (Å²) in [7, 11) is 1.46. The number of benzene rings is 1. The number of hydrogen-bond donors (Lipinski definition) is 0. The lowest BCUT2D eigenvalue weighted by Gasteiger charge is -2.35. The Morgan fingerprint density at radius 3 is 2.67 bits per heavy atom. The molecule has 0 aromatic heterocycles. The van der Waals surface area contributed by atoms with Gasteiger partial charge in [0.1, 0.15) is 5.75 Å². The highest BCUT2D eigenvalue weighted by Gasteiger charge is 2.46. The zero-order valence-corrected chi connectivity index (χ0v) is 13.8. The lowest BCUT2D eigenvalue weighted by molar-refractivity contribution is -0.101. The maximum Gasteiger partial charge on any atom is 0.414 e. The summed E-state index contributed by atoms with van der Waals surface area (Å²) in [6.07, 6.45) is -1.76. The molecule has 0 saturated carbocycles. The summed E-state index contributed by atoms with van der Waals surface area (Å²) in [5.74, 6) is -0.854. The number of fused-ring (bicyclic) bond motifs is 1. The van der Waals surface area contributed by atoms with Crippen molar-refractivity contribution in [3.8, 4) is 5.75 Å². The lowest BCUT2D eigenvalue weighted by atomic mass is 9.87. The van der Waals surface area contributed by atoms with Crippen LogP contribution in [0.4, 0.5) is 13.2 Å². The molecule has 1 heterocycles. The van der Waals surface area contributed by atoms with Crippen LogP contribution in [-0.2, 0) is 6.54 Å². The van der Waals surface area contributed by atoms with Gasteiger partial charge in [0.25, 0.3) is 5.91 Å². The number of ether oxygens (including phenoxy) is 1. The first-order valence-corrected chi connectivity index (χ1v) is 7.75. The fourth-order valence-electron chi connectivity index (χ4n) is 3.36. The number of alkyl halides is 3. The zero-order valence-electron chi connectivity index (χ0n) is 13.0. The van der Waals surface area contributed by atoms with Gasteiger partial charge in [-0.1, -0.05) is 36.7 Å². The monoisotopic (exact) mass is 357 g/mol. The third-order valence-corrected chi connectivity index (χ3v) is 4.81. The third-order valence-electron chi connectivity index (χ3n) is 4.48. The average molecular weight is 358 g/mol. The van der Waals surface area contributed by atoms with Crippen LogP contribution in [0.5, 0.6) is 5.75 Å². The normalized spacial score (nSPS) is 23.8. The van der Waals surface area contributed by atoms with Crippen molar-refractivity contribution in [1.29, 1.82) is 0 Å². The van der Waals surface area contributed by atoms with Crippen LogP contribution in [-0.4, -0.2) is 30.1 Å². The number of amides is 1. The maximum absolute atomic E-state index is 13.3. The van der Waals surface area contributed by atoms with Crippen molar-refractivity contribution in [2.24, 2.45) is 5.92 Å². The SMILES string of the molecule is COc1cccc2c1C(=O)N(C1C=CC(Cl)=C(C(F)(F)F)C1C)C2. The first-order valence-electron chi connectivity index (χ1n) is 7.37. The van der Waals surface area contributed by atoms with Crippen molar-refractivity contribution in [3.05, 3.63) is 52.1 Å². The van der Waals surface area contributed by atoms with Crippen LogP contribution < -0.4 is 4.74 Å². The van der Waals surface area contributed by atoms with Gasteiger partial charge >= 0.3 is 6.18 Å². The van der Waals surface area contributed by atoms with Gasteiger partial charge in [0.05, 0.1) is 24.3 Å². The molecule has 0 fully saturated rings. The van der Waals surface area contributed by atoms with Crippen LogP contribution in [0.3, 0.4) is 0 Å². The van der Waals surface area contributed by atoms with Gasteiger partial charge in [0.2, 0.25) is 0 Å². The highest BCUT2D eigenvalue weighted by atomic mass is 35.5. The molecule has 0 bridgehead atoms. The summed E-state index contributed by atoms with van der Waals surface area (Å²) in [4.78, 5) is 14.2. The lowest BCUT2D eigenvalue weighted by Crippen LogP contribution is -2.42. The minimum atomic E-state index is -4.53. The van der Waals surface area contributed by atoms with Crippen LogP contribution in [0.25, 0.3) is 0 Å². The largest absolute Gasteiger partial charge is 0.496 e. The van der Waals surface area contributed by atoms with Gasteiger partial charge in [-0.05, 0) is 17.7 Å². The van der Waals surface area contributed by atoms with E-state index in [0.29, 0.717) is 11.3 Å². The van der Waals surface area contributed by atoms with E-state index in [-0.39, 0.29) is 17.5 Å². The van der Waals surface area contributed by atoms with Crippen molar-refractivity contribution in [2.75, 3.05) is 7.11 Å². The molecule has 2 unspecified atom stereocenters. The van der Waals surface area contributed by atoms with Gasteiger partial charge in [-0.15, -0.1) is 0 Å². The minimum Gasteiger partial charge on any atom is -0.496 e. The fraction of sp³-hybridized carbons (Fsp3) is 0.353. The predicted molar refractivity (Wildman–Crippen MR) is 83.9 cm³/mol. The summed E-state index contributed by atoms with van der Waals surface area (Å²) in [6.45, 7) is 1.68. The third kappa shape index (κ3) is 2.59. The Bertz CT molecular complexity index is 755. The van der Waals surface area contributed by atoms with E-state index >= 15 is 0 Å². The van der Waals surface area contributed by atoms with Crippen molar-refractivity contribution < 1.29 is 22.7 Å². The molecule has 1 aliphatic heterocycles. The molecule has 7 heteroatoms. The molecular weight excluding hydrogens is 343 g/mol. The first kappa shape index (κ1) is 16.9. The van der Waals surface area contributed by atoms with E-state index in [9.17, 15) is 18.0 Å². The smallest absolute Gasteiger partial charge is 0.414 e. The molecule has 0 saturated heterocycles. The Morgan fingerprint density at radius 2 is 2.04 bits per heavy atom. The summed E-state index contributed by atoms with van der Waals surface area (Å²) in [5, 5.41) is -0.326. The van der Waals surface area contributed by atoms with E-state index in [1.54, 1.807) is 24.3 Å².